The Hall–Kier alpha value is -3.32. The smallest absolute Gasteiger partial charge is 0.159 e. The molecule has 0 fully saturated rings. The van der Waals surface area contributed by atoms with Gasteiger partial charge in [0.25, 0.3) is 0 Å². The normalized spacial score (nSPS) is 10.3. The van der Waals surface area contributed by atoms with E-state index in [1.165, 1.54) is 16.7 Å². The molecule has 4 nitrogen and oxygen atoms in total. The molecular formula is C34H34Br2N2O2. The number of nitrogens with two attached hydrogens (primary N) is 1. The second-order valence-electron chi connectivity index (χ2n) is 9.78. The van der Waals surface area contributed by atoms with Gasteiger partial charge in [0.05, 0.1) is 17.8 Å². The highest BCUT2D eigenvalue weighted by Gasteiger charge is 2.05. The van der Waals surface area contributed by atoms with E-state index in [4.69, 9.17) is 15.8 Å². The number of hydrogen-bond acceptors (Lipinski definition) is 4. The van der Waals surface area contributed by atoms with Gasteiger partial charge in [-0.3, -0.25) is 4.79 Å². The van der Waals surface area contributed by atoms with Gasteiger partial charge in [-0.05, 0) is 95.3 Å². The number of ketones is 1. The van der Waals surface area contributed by atoms with Gasteiger partial charge in [-0.25, -0.2) is 4.98 Å². The molecule has 0 aliphatic rings. The second kappa shape index (κ2) is 14.4. The summed E-state index contributed by atoms with van der Waals surface area (Å²) in [4.78, 5) is 15.7. The van der Waals surface area contributed by atoms with Crippen LogP contribution in [0.3, 0.4) is 0 Å². The van der Waals surface area contributed by atoms with Crippen LogP contribution in [0.15, 0.2) is 93.9 Å². The highest BCUT2D eigenvalue weighted by molar-refractivity contribution is 9.11. The number of aliphatic hydroxyl groups is 1. The molecule has 0 saturated carbocycles. The summed E-state index contributed by atoms with van der Waals surface area (Å²) in [5.74, 6) is 0.136. The fourth-order valence-corrected chi connectivity index (χ4v) is 5.32. The van der Waals surface area contributed by atoms with E-state index in [-0.39, 0.29) is 12.4 Å². The van der Waals surface area contributed by atoms with Gasteiger partial charge in [0.1, 0.15) is 0 Å². The molecule has 0 unspecified atom stereocenters. The minimum absolute atomic E-state index is 0.0206. The van der Waals surface area contributed by atoms with E-state index in [0.717, 1.165) is 47.8 Å². The van der Waals surface area contributed by atoms with Crippen LogP contribution >= 0.6 is 31.9 Å². The van der Waals surface area contributed by atoms with Crippen LogP contribution in [0, 0.1) is 27.7 Å². The predicted molar refractivity (Wildman–Crippen MR) is 175 cm³/mol. The molecule has 0 aliphatic heterocycles. The maximum absolute atomic E-state index is 10.9. The number of fused-ring (bicyclic) bond motifs is 1. The Labute approximate surface area is 253 Å². The van der Waals surface area contributed by atoms with Crippen molar-refractivity contribution in [2.24, 2.45) is 0 Å². The number of Topliss-reactive ketones (excluding diaryl/α,β-unsaturated/α-hetero) is 1. The van der Waals surface area contributed by atoms with Crippen LogP contribution in [-0.2, 0) is 6.61 Å². The molecule has 1 aromatic heterocycles. The molecule has 4 aromatic carbocycles. The minimum atomic E-state index is -0.0206. The molecule has 0 bridgehead atoms. The number of rotatable bonds is 3. The maximum Gasteiger partial charge on any atom is 0.159 e. The van der Waals surface area contributed by atoms with Crippen LogP contribution in [0.5, 0.6) is 0 Å². The average Bonchev–Trinajstić information content (AvgIpc) is 2.88. The van der Waals surface area contributed by atoms with Gasteiger partial charge in [0.15, 0.2) is 5.78 Å². The molecule has 206 valence electrons. The van der Waals surface area contributed by atoms with Crippen LogP contribution in [0.1, 0.15) is 45.1 Å². The van der Waals surface area contributed by atoms with E-state index >= 15 is 0 Å². The van der Waals surface area contributed by atoms with Crippen molar-refractivity contribution in [3.05, 3.63) is 127 Å². The monoisotopic (exact) mass is 660 g/mol. The summed E-state index contributed by atoms with van der Waals surface area (Å²) >= 11 is 6.83. The van der Waals surface area contributed by atoms with Crippen molar-refractivity contribution in [1.29, 1.82) is 0 Å². The standard InChI is InChI=1S/C17H14BrN.C10H12O.C7H8BrNO/c1-11-8-12(2)10-13(9-11)16-7-6-14-15(18)4-3-5-17(14)19-16;1-7-4-8(2)6-10(5-7)9(3)11;8-6-2-1-3-7(9)5(6)4-10/h3-10H,1-2H3;4-6H,1-3H3;1-3,10H,4,9H2. The Balaban J connectivity index is 0.000000180. The van der Waals surface area contributed by atoms with Crippen molar-refractivity contribution < 1.29 is 9.90 Å². The van der Waals surface area contributed by atoms with Crippen LogP contribution in [0.4, 0.5) is 5.69 Å². The number of carbonyl (C=O) groups excluding carboxylic acids is 1. The highest BCUT2D eigenvalue weighted by atomic mass is 79.9. The lowest BCUT2D eigenvalue weighted by atomic mass is 10.0. The fraction of sp³-hybridized carbons (Fsp3) is 0.176. The zero-order valence-corrected chi connectivity index (χ0v) is 26.6. The lowest BCUT2D eigenvalue weighted by Gasteiger charge is -2.07. The van der Waals surface area contributed by atoms with Gasteiger partial charge in [-0.2, -0.15) is 0 Å². The highest BCUT2D eigenvalue weighted by Crippen LogP contribution is 2.27. The van der Waals surface area contributed by atoms with Crippen molar-refractivity contribution in [1.82, 2.24) is 4.98 Å². The summed E-state index contributed by atoms with van der Waals surface area (Å²) in [5, 5.41) is 9.94. The minimum Gasteiger partial charge on any atom is -0.398 e. The van der Waals surface area contributed by atoms with E-state index in [1.54, 1.807) is 13.0 Å². The zero-order valence-electron chi connectivity index (χ0n) is 23.4. The molecule has 5 rings (SSSR count). The van der Waals surface area contributed by atoms with Gasteiger partial charge >= 0.3 is 0 Å². The van der Waals surface area contributed by atoms with Crippen LogP contribution in [0.25, 0.3) is 22.2 Å². The Kier molecular flexibility index (Phi) is 11.2. The zero-order chi connectivity index (χ0) is 29.4. The van der Waals surface area contributed by atoms with Gasteiger partial charge < -0.3 is 10.8 Å². The van der Waals surface area contributed by atoms with E-state index < -0.39 is 0 Å². The Bertz CT molecular complexity index is 1590. The van der Waals surface area contributed by atoms with E-state index in [2.05, 4.69) is 82.1 Å². The summed E-state index contributed by atoms with van der Waals surface area (Å²) in [7, 11) is 0. The van der Waals surface area contributed by atoms with Gasteiger partial charge in [-0.1, -0.05) is 78.4 Å². The number of benzene rings is 4. The van der Waals surface area contributed by atoms with Crippen molar-refractivity contribution in [2.75, 3.05) is 5.73 Å². The summed E-state index contributed by atoms with van der Waals surface area (Å²) in [5.41, 5.74) is 15.8. The molecule has 40 heavy (non-hydrogen) atoms. The van der Waals surface area contributed by atoms with Crippen LogP contribution < -0.4 is 5.73 Å². The third-order valence-electron chi connectivity index (χ3n) is 6.14. The summed E-state index contributed by atoms with van der Waals surface area (Å²) in [6.45, 7) is 9.81. The van der Waals surface area contributed by atoms with E-state index in [0.29, 0.717) is 5.69 Å². The molecule has 0 atom stereocenters. The van der Waals surface area contributed by atoms with E-state index in [9.17, 15) is 4.79 Å². The lowest BCUT2D eigenvalue weighted by Crippen LogP contribution is -1.94. The number of nitrogen functional groups attached to an aromatic ring is 1. The topological polar surface area (TPSA) is 76.2 Å². The molecular weight excluding hydrogens is 628 g/mol. The Morgan fingerprint density at radius 3 is 1.85 bits per heavy atom. The molecule has 1 heterocycles. The molecule has 0 saturated heterocycles. The van der Waals surface area contributed by atoms with Crippen molar-refractivity contribution >= 4 is 54.2 Å². The Morgan fingerprint density at radius 1 is 0.775 bits per heavy atom. The number of aryl methyl sites for hydroxylation is 4. The fourth-order valence-electron chi connectivity index (χ4n) is 4.32. The Morgan fingerprint density at radius 2 is 1.32 bits per heavy atom. The van der Waals surface area contributed by atoms with Crippen LogP contribution in [-0.4, -0.2) is 15.9 Å². The third-order valence-corrected chi connectivity index (χ3v) is 7.57. The summed E-state index contributed by atoms with van der Waals surface area (Å²) in [6, 6.07) is 28.2. The molecule has 3 N–H and O–H groups in total. The predicted octanol–water partition coefficient (Wildman–Crippen LogP) is 9.31. The number of aromatic nitrogens is 1. The molecule has 0 aliphatic carbocycles. The molecule has 5 aromatic rings. The number of carbonyl (C=O) groups is 1. The molecule has 6 heteroatoms. The second-order valence-corrected chi connectivity index (χ2v) is 11.5. The largest absolute Gasteiger partial charge is 0.398 e. The van der Waals surface area contributed by atoms with Gasteiger partial charge in [-0.15, -0.1) is 0 Å². The molecule has 0 amide bonds. The van der Waals surface area contributed by atoms with E-state index in [1.807, 2.05) is 56.3 Å². The first kappa shape index (κ1) is 31.2. The van der Waals surface area contributed by atoms with Crippen molar-refractivity contribution in [3.63, 3.8) is 0 Å². The maximum atomic E-state index is 10.9. The van der Waals surface area contributed by atoms with Crippen molar-refractivity contribution in [3.8, 4) is 11.3 Å². The number of hydrogen-bond donors (Lipinski definition) is 2. The van der Waals surface area contributed by atoms with Crippen molar-refractivity contribution in [2.45, 2.75) is 41.2 Å². The van der Waals surface area contributed by atoms with Gasteiger partial charge in [0.2, 0.25) is 0 Å². The first-order valence-corrected chi connectivity index (χ1v) is 14.4. The number of anilines is 1. The summed E-state index contributed by atoms with van der Waals surface area (Å²) in [6.07, 6.45) is 0. The number of halogens is 2. The average molecular weight is 662 g/mol. The quantitative estimate of drug-likeness (QED) is 0.149. The number of nitrogens with zero attached hydrogens (tertiary/aromatic N) is 1. The number of pyridine rings is 1. The number of aliphatic hydroxyl groups excluding tert-OH is 1. The third kappa shape index (κ3) is 8.59. The first-order valence-electron chi connectivity index (χ1n) is 12.9. The summed E-state index contributed by atoms with van der Waals surface area (Å²) < 4.78 is 1.94. The SMILES string of the molecule is CC(=O)c1cc(C)cc(C)c1.Cc1cc(C)cc(-c2ccc3c(Br)cccc3n2)c1.Nc1cccc(Br)c1CO. The molecule has 0 spiro atoms. The van der Waals surface area contributed by atoms with Gasteiger partial charge in [0, 0.05) is 36.7 Å². The van der Waals surface area contributed by atoms with Crippen LogP contribution in [0.2, 0.25) is 0 Å². The lowest BCUT2D eigenvalue weighted by molar-refractivity contribution is 0.101. The first-order chi connectivity index (χ1) is 19.0. The molecule has 0 radical (unpaired) electrons.